The van der Waals surface area contributed by atoms with Gasteiger partial charge in [-0.05, 0) is 56.5 Å². The highest BCUT2D eigenvalue weighted by atomic mass is 16.5. The summed E-state index contributed by atoms with van der Waals surface area (Å²) >= 11 is 0. The van der Waals surface area contributed by atoms with E-state index in [4.69, 9.17) is 9.84 Å². The molecule has 35 heavy (non-hydrogen) atoms. The summed E-state index contributed by atoms with van der Waals surface area (Å²) in [6.45, 7) is 5.92. The highest BCUT2D eigenvalue weighted by Crippen LogP contribution is 2.31. The molecule has 2 aromatic heterocycles. The van der Waals surface area contributed by atoms with Gasteiger partial charge in [0.05, 0.1) is 35.5 Å². The van der Waals surface area contributed by atoms with E-state index in [9.17, 15) is 4.79 Å². The molecule has 0 aliphatic carbocycles. The fourth-order valence-corrected chi connectivity index (χ4v) is 4.84. The van der Waals surface area contributed by atoms with Crippen LogP contribution in [0.25, 0.3) is 16.6 Å². The van der Waals surface area contributed by atoms with Crippen molar-refractivity contribution in [2.45, 2.75) is 33.2 Å². The molecule has 1 N–H and O–H groups in total. The van der Waals surface area contributed by atoms with Gasteiger partial charge in [-0.15, -0.1) is 5.10 Å². The summed E-state index contributed by atoms with van der Waals surface area (Å²) in [4.78, 5) is 15.2. The summed E-state index contributed by atoms with van der Waals surface area (Å²) in [5, 5.41) is 18.0. The number of amides is 1. The van der Waals surface area contributed by atoms with E-state index in [1.807, 2.05) is 66.2 Å². The molecule has 2 aromatic carbocycles. The Bertz CT molecular complexity index is 1350. The van der Waals surface area contributed by atoms with Gasteiger partial charge in [0.1, 0.15) is 11.3 Å². The van der Waals surface area contributed by atoms with Gasteiger partial charge in [0.25, 0.3) is 0 Å². The molecule has 3 heterocycles. The zero-order valence-electron chi connectivity index (χ0n) is 20.4. The van der Waals surface area contributed by atoms with Crippen LogP contribution in [0.1, 0.15) is 29.8 Å². The minimum absolute atomic E-state index is 0.0554. The smallest absolute Gasteiger partial charge is 0.225 e. The van der Waals surface area contributed by atoms with E-state index in [-0.39, 0.29) is 11.8 Å². The van der Waals surface area contributed by atoms with Crippen LogP contribution in [-0.4, -0.2) is 46.1 Å². The summed E-state index contributed by atoms with van der Waals surface area (Å²) in [6, 6.07) is 17.8. The van der Waals surface area contributed by atoms with E-state index in [0.29, 0.717) is 13.1 Å². The van der Waals surface area contributed by atoms with Gasteiger partial charge in [-0.25, -0.2) is 4.68 Å². The Morgan fingerprint density at radius 2 is 1.94 bits per heavy atom. The largest absolute Gasteiger partial charge is 0.497 e. The number of anilines is 1. The quantitative estimate of drug-likeness (QED) is 0.459. The number of carbonyl (C=O) groups is 1. The van der Waals surface area contributed by atoms with E-state index in [1.54, 1.807) is 7.11 Å². The van der Waals surface area contributed by atoms with Crippen molar-refractivity contribution < 1.29 is 9.53 Å². The van der Waals surface area contributed by atoms with E-state index in [0.717, 1.165) is 64.5 Å². The summed E-state index contributed by atoms with van der Waals surface area (Å²) in [5.41, 5.74) is 4.73. The lowest BCUT2D eigenvalue weighted by Gasteiger charge is -2.32. The number of hydrogen-bond donors (Lipinski definition) is 1. The predicted molar refractivity (Wildman–Crippen MR) is 136 cm³/mol. The average Bonchev–Trinajstić information content (AvgIpc) is 3.26. The number of piperidine rings is 1. The first-order chi connectivity index (χ1) is 17.0. The Morgan fingerprint density at radius 1 is 1.11 bits per heavy atom. The maximum absolute atomic E-state index is 13.0. The Kier molecular flexibility index (Phi) is 6.35. The molecule has 1 unspecified atom stereocenters. The van der Waals surface area contributed by atoms with Crippen LogP contribution in [0.15, 0.2) is 54.6 Å². The van der Waals surface area contributed by atoms with Crippen LogP contribution in [0.5, 0.6) is 5.75 Å². The number of fused-ring (bicyclic) bond motifs is 1. The average molecular weight is 471 g/mol. The molecule has 1 fully saturated rings. The summed E-state index contributed by atoms with van der Waals surface area (Å²) < 4.78 is 7.23. The Labute approximate surface area is 204 Å². The third-order valence-corrected chi connectivity index (χ3v) is 6.68. The first-order valence-corrected chi connectivity index (χ1v) is 12.0. The minimum Gasteiger partial charge on any atom is -0.497 e. The lowest BCUT2D eigenvalue weighted by atomic mass is 9.97. The SMILES string of the molecule is COc1cccc(CNC(=O)C2CCCN(c3nnc(C)c4c(C)n(-c5ccccc5)nc34)C2)c1. The molecule has 8 nitrogen and oxygen atoms in total. The van der Waals surface area contributed by atoms with Crippen molar-refractivity contribution >= 4 is 22.6 Å². The van der Waals surface area contributed by atoms with Crippen LogP contribution < -0.4 is 15.0 Å². The third-order valence-electron chi connectivity index (χ3n) is 6.68. The second kappa shape index (κ2) is 9.74. The van der Waals surface area contributed by atoms with Crippen molar-refractivity contribution in [3.05, 3.63) is 71.5 Å². The van der Waals surface area contributed by atoms with Crippen LogP contribution in [0.3, 0.4) is 0 Å². The van der Waals surface area contributed by atoms with Crippen molar-refractivity contribution in [3.8, 4) is 11.4 Å². The molecular weight excluding hydrogens is 440 g/mol. The van der Waals surface area contributed by atoms with E-state index in [2.05, 4.69) is 27.3 Å². The molecule has 8 heteroatoms. The topological polar surface area (TPSA) is 85.2 Å². The first kappa shape index (κ1) is 22.8. The Balaban J connectivity index is 1.37. The molecular formula is C27H30N6O2. The van der Waals surface area contributed by atoms with E-state index >= 15 is 0 Å². The molecule has 0 spiro atoms. The van der Waals surface area contributed by atoms with Gasteiger partial charge >= 0.3 is 0 Å². The number of aromatic nitrogens is 4. The molecule has 1 amide bonds. The molecule has 5 rings (SSSR count). The molecule has 4 aromatic rings. The lowest BCUT2D eigenvalue weighted by molar-refractivity contribution is -0.125. The number of benzene rings is 2. The van der Waals surface area contributed by atoms with Gasteiger partial charge < -0.3 is 15.0 Å². The highest BCUT2D eigenvalue weighted by Gasteiger charge is 2.29. The van der Waals surface area contributed by atoms with Crippen LogP contribution in [-0.2, 0) is 11.3 Å². The third kappa shape index (κ3) is 4.56. The van der Waals surface area contributed by atoms with Gasteiger partial charge in [0.15, 0.2) is 5.82 Å². The number of nitrogens with zero attached hydrogens (tertiary/aromatic N) is 5. The molecule has 180 valence electrons. The Morgan fingerprint density at radius 3 is 2.74 bits per heavy atom. The monoisotopic (exact) mass is 470 g/mol. The summed E-state index contributed by atoms with van der Waals surface area (Å²) in [6.07, 6.45) is 1.76. The number of methoxy groups -OCH3 is 1. The van der Waals surface area contributed by atoms with Crippen LogP contribution in [0.4, 0.5) is 5.82 Å². The second-order valence-corrected chi connectivity index (χ2v) is 9.02. The zero-order chi connectivity index (χ0) is 24.4. The molecule has 1 atom stereocenters. The fourth-order valence-electron chi connectivity index (χ4n) is 4.84. The van der Waals surface area contributed by atoms with Gasteiger partial charge in [-0.2, -0.15) is 10.2 Å². The number of nitrogens with one attached hydrogen (secondary N) is 1. The maximum Gasteiger partial charge on any atom is 0.225 e. The highest BCUT2D eigenvalue weighted by molar-refractivity contribution is 5.92. The van der Waals surface area contributed by atoms with Crippen molar-refractivity contribution in [2.75, 3.05) is 25.1 Å². The molecule has 1 aliphatic heterocycles. The molecule has 1 aliphatic rings. The fraction of sp³-hybridized carbons (Fsp3) is 0.333. The van der Waals surface area contributed by atoms with Gasteiger partial charge in [-0.1, -0.05) is 30.3 Å². The van der Waals surface area contributed by atoms with E-state index < -0.39 is 0 Å². The van der Waals surface area contributed by atoms with Crippen molar-refractivity contribution in [1.82, 2.24) is 25.3 Å². The van der Waals surface area contributed by atoms with E-state index in [1.165, 1.54) is 0 Å². The van der Waals surface area contributed by atoms with Crippen LogP contribution in [0.2, 0.25) is 0 Å². The number of hydrogen-bond acceptors (Lipinski definition) is 6. The number of rotatable bonds is 6. The van der Waals surface area contributed by atoms with Gasteiger partial charge in [-0.3, -0.25) is 4.79 Å². The lowest BCUT2D eigenvalue weighted by Crippen LogP contribution is -2.43. The number of para-hydroxylation sites is 1. The van der Waals surface area contributed by atoms with Crippen LogP contribution in [0, 0.1) is 19.8 Å². The Hall–Kier alpha value is -3.94. The van der Waals surface area contributed by atoms with Crippen molar-refractivity contribution in [1.29, 1.82) is 0 Å². The number of carbonyl (C=O) groups excluding carboxylic acids is 1. The molecule has 0 saturated carbocycles. The predicted octanol–water partition coefficient (Wildman–Crippen LogP) is 3.97. The standard InChI is InChI=1S/C27H30N6O2/c1-18-24-19(2)33(22-11-5-4-6-12-22)31-25(24)26(30-29-18)32-14-8-10-21(17-32)27(34)28-16-20-9-7-13-23(15-20)35-3/h4-7,9,11-13,15,21H,8,10,14,16-17H2,1-3H3,(H,28,34). The maximum atomic E-state index is 13.0. The second-order valence-electron chi connectivity index (χ2n) is 9.02. The molecule has 0 bridgehead atoms. The zero-order valence-corrected chi connectivity index (χ0v) is 20.4. The van der Waals surface area contributed by atoms with Crippen molar-refractivity contribution in [2.24, 2.45) is 5.92 Å². The minimum atomic E-state index is -0.121. The van der Waals surface area contributed by atoms with Gasteiger partial charge in [0, 0.05) is 19.6 Å². The number of aryl methyl sites for hydroxylation is 2. The van der Waals surface area contributed by atoms with Crippen LogP contribution >= 0.6 is 0 Å². The molecule has 0 radical (unpaired) electrons. The number of ether oxygens (including phenoxy) is 1. The summed E-state index contributed by atoms with van der Waals surface area (Å²) in [7, 11) is 1.64. The summed E-state index contributed by atoms with van der Waals surface area (Å²) in [5.74, 6) is 1.46. The normalized spacial score (nSPS) is 15.9. The van der Waals surface area contributed by atoms with Crippen molar-refractivity contribution in [3.63, 3.8) is 0 Å². The first-order valence-electron chi connectivity index (χ1n) is 12.0. The van der Waals surface area contributed by atoms with Gasteiger partial charge in [0.2, 0.25) is 5.91 Å². The molecule has 1 saturated heterocycles.